The maximum absolute atomic E-state index is 12.1. The first-order valence-electron chi connectivity index (χ1n) is 8.56. The first kappa shape index (κ1) is 20.0. The zero-order valence-electron chi connectivity index (χ0n) is 15.4. The average molecular weight is 369 g/mol. The monoisotopic (exact) mass is 369 g/mol. The average Bonchev–Trinajstić information content (AvgIpc) is 2.64. The fraction of sp³-hybridized carbons (Fsp3) is 0.250. The van der Waals surface area contributed by atoms with Crippen LogP contribution in [0.2, 0.25) is 0 Å². The van der Waals surface area contributed by atoms with Crippen molar-refractivity contribution in [2.24, 2.45) is 0 Å². The summed E-state index contributed by atoms with van der Waals surface area (Å²) >= 11 is 0. The highest BCUT2D eigenvalue weighted by Gasteiger charge is 2.07. The normalized spacial score (nSPS) is 10.0. The first-order valence-corrected chi connectivity index (χ1v) is 8.56. The lowest BCUT2D eigenvalue weighted by Gasteiger charge is -2.09. The molecule has 142 valence electrons. The number of amides is 3. The van der Waals surface area contributed by atoms with Crippen molar-refractivity contribution in [1.29, 1.82) is 0 Å². The molecule has 0 aliphatic carbocycles. The van der Waals surface area contributed by atoms with E-state index in [0.29, 0.717) is 17.0 Å². The Morgan fingerprint density at radius 3 is 2.37 bits per heavy atom. The molecule has 3 amide bonds. The molecule has 0 bridgehead atoms. The van der Waals surface area contributed by atoms with Crippen molar-refractivity contribution >= 4 is 23.4 Å². The highest BCUT2D eigenvalue weighted by Crippen LogP contribution is 2.11. The van der Waals surface area contributed by atoms with Crippen molar-refractivity contribution in [3.05, 3.63) is 59.7 Å². The van der Waals surface area contributed by atoms with E-state index in [0.717, 1.165) is 5.56 Å². The molecule has 2 aromatic carbocycles. The van der Waals surface area contributed by atoms with Crippen molar-refractivity contribution in [3.63, 3.8) is 0 Å². The SMILES string of the molecule is CC(=O)Nc1cccc(C(=O)NCCNC(=O)COc2ccc(C)cc2)c1. The molecule has 0 aliphatic heterocycles. The Hall–Kier alpha value is -3.35. The van der Waals surface area contributed by atoms with Crippen LogP contribution in [-0.2, 0) is 9.59 Å². The van der Waals surface area contributed by atoms with Crippen molar-refractivity contribution in [2.45, 2.75) is 13.8 Å². The third kappa shape index (κ3) is 7.19. The predicted octanol–water partition coefficient (Wildman–Crippen LogP) is 1.88. The third-order valence-corrected chi connectivity index (χ3v) is 3.57. The van der Waals surface area contributed by atoms with Gasteiger partial charge in [0.05, 0.1) is 0 Å². The highest BCUT2D eigenvalue weighted by atomic mass is 16.5. The van der Waals surface area contributed by atoms with Gasteiger partial charge in [-0.05, 0) is 37.3 Å². The smallest absolute Gasteiger partial charge is 0.258 e. The number of rotatable bonds is 8. The van der Waals surface area contributed by atoms with E-state index in [1.165, 1.54) is 6.92 Å². The number of anilines is 1. The minimum Gasteiger partial charge on any atom is -0.484 e. The van der Waals surface area contributed by atoms with Gasteiger partial charge in [0.15, 0.2) is 6.61 Å². The topological polar surface area (TPSA) is 96.5 Å². The summed E-state index contributed by atoms with van der Waals surface area (Å²) in [5, 5.41) is 8.00. The lowest BCUT2D eigenvalue weighted by atomic mass is 10.2. The zero-order chi connectivity index (χ0) is 19.6. The quantitative estimate of drug-likeness (QED) is 0.619. The number of hydrogen-bond acceptors (Lipinski definition) is 4. The second kappa shape index (κ2) is 9.96. The number of nitrogens with one attached hydrogen (secondary N) is 3. The van der Waals surface area contributed by atoms with Crippen molar-refractivity contribution in [2.75, 3.05) is 25.0 Å². The fourth-order valence-corrected chi connectivity index (χ4v) is 2.26. The van der Waals surface area contributed by atoms with E-state index < -0.39 is 0 Å². The zero-order valence-corrected chi connectivity index (χ0v) is 15.4. The summed E-state index contributed by atoms with van der Waals surface area (Å²) in [6.45, 7) is 3.85. The van der Waals surface area contributed by atoms with Crippen LogP contribution in [0.4, 0.5) is 5.69 Å². The van der Waals surface area contributed by atoms with Crippen molar-refractivity contribution < 1.29 is 19.1 Å². The molecule has 0 saturated heterocycles. The molecule has 0 unspecified atom stereocenters. The Balaban J connectivity index is 1.68. The second-order valence-corrected chi connectivity index (χ2v) is 5.97. The van der Waals surface area contributed by atoms with Gasteiger partial charge < -0.3 is 20.7 Å². The maximum Gasteiger partial charge on any atom is 0.258 e. The summed E-state index contributed by atoms with van der Waals surface area (Å²) < 4.78 is 5.38. The van der Waals surface area contributed by atoms with Gasteiger partial charge in [-0.3, -0.25) is 14.4 Å². The minimum absolute atomic E-state index is 0.0875. The summed E-state index contributed by atoms with van der Waals surface area (Å²) in [4.78, 5) is 34.9. The molecular weight excluding hydrogens is 346 g/mol. The van der Waals surface area contributed by atoms with E-state index in [-0.39, 0.29) is 37.4 Å². The standard InChI is InChI=1S/C20H23N3O4/c1-14-6-8-18(9-7-14)27-13-19(25)21-10-11-22-20(26)16-4-3-5-17(12-16)23-15(2)24/h3-9,12H,10-11,13H2,1-2H3,(H,21,25)(H,22,26)(H,23,24). The number of benzene rings is 2. The van der Waals surface area contributed by atoms with Gasteiger partial charge in [0.25, 0.3) is 11.8 Å². The maximum atomic E-state index is 12.1. The molecular formula is C20H23N3O4. The van der Waals surface area contributed by atoms with E-state index in [1.807, 2.05) is 19.1 Å². The van der Waals surface area contributed by atoms with Crippen LogP contribution in [0.15, 0.2) is 48.5 Å². The minimum atomic E-state index is -0.285. The number of carbonyl (C=O) groups is 3. The summed E-state index contributed by atoms with van der Waals surface area (Å²) in [5.41, 5.74) is 2.09. The van der Waals surface area contributed by atoms with Gasteiger partial charge in [-0.1, -0.05) is 23.8 Å². The Kier molecular flexibility index (Phi) is 7.37. The molecule has 0 saturated carbocycles. The van der Waals surface area contributed by atoms with Crippen LogP contribution >= 0.6 is 0 Å². The van der Waals surface area contributed by atoms with Gasteiger partial charge in [0.2, 0.25) is 5.91 Å². The molecule has 27 heavy (non-hydrogen) atoms. The summed E-state index contributed by atoms with van der Waals surface area (Å²) in [7, 11) is 0. The Morgan fingerprint density at radius 1 is 0.963 bits per heavy atom. The summed E-state index contributed by atoms with van der Waals surface area (Å²) in [6, 6.07) is 14.0. The van der Waals surface area contributed by atoms with E-state index in [4.69, 9.17) is 4.74 Å². The molecule has 3 N–H and O–H groups in total. The predicted molar refractivity (Wildman–Crippen MR) is 103 cm³/mol. The molecule has 0 spiro atoms. The van der Waals surface area contributed by atoms with E-state index in [1.54, 1.807) is 36.4 Å². The largest absolute Gasteiger partial charge is 0.484 e. The highest BCUT2D eigenvalue weighted by molar-refractivity contribution is 5.96. The van der Waals surface area contributed by atoms with E-state index in [9.17, 15) is 14.4 Å². The second-order valence-electron chi connectivity index (χ2n) is 5.97. The van der Waals surface area contributed by atoms with Crippen LogP contribution < -0.4 is 20.7 Å². The number of hydrogen-bond donors (Lipinski definition) is 3. The molecule has 0 atom stereocenters. The molecule has 2 aromatic rings. The summed E-state index contributed by atoms with van der Waals surface area (Å²) in [6.07, 6.45) is 0. The van der Waals surface area contributed by atoms with Gasteiger partial charge in [0, 0.05) is 31.3 Å². The molecule has 0 aliphatic rings. The van der Waals surface area contributed by atoms with Crippen LogP contribution in [0, 0.1) is 6.92 Å². The number of ether oxygens (including phenoxy) is 1. The molecule has 7 nitrogen and oxygen atoms in total. The Labute approximate surface area is 158 Å². The van der Waals surface area contributed by atoms with Crippen LogP contribution in [0.5, 0.6) is 5.75 Å². The molecule has 2 rings (SSSR count). The van der Waals surface area contributed by atoms with Crippen LogP contribution in [0.1, 0.15) is 22.8 Å². The number of carbonyl (C=O) groups excluding carboxylic acids is 3. The molecule has 0 aromatic heterocycles. The lowest BCUT2D eigenvalue weighted by molar-refractivity contribution is -0.123. The Morgan fingerprint density at radius 2 is 1.67 bits per heavy atom. The van der Waals surface area contributed by atoms with Crippen molar-refractivity contribution in [1.82, 2.24) is 10.6 Å². The summed E-state index contributed by atoms with van der Waals surface area (Å²) in [5.74, 6) is -0.129. The van der Waals surface area contributed by atoms with Crippen LogP contribution in [0.3, 0.4) is 0 Å². The molecule has 0 radical (unpaired) electrons. The van der Waals surface area contributed by atoms with Gasteiger partial charge in [-0.25, -0.2) is 0 Å². The van der Waals surface area contributed by atoms with Gasteiger partial charge in [0.1, 0.15) is 5.75 Å². The van der Waals surface area contributed by atoms with Crippen LogP contribution in [-0.4, -0.2) is 37.4 Å². The van der Waals surface area contributed by atoms with Gasteiger partial charge in [-0.2, -0.15) is 0 Å². The molecule has 0 fully saturated rings. The molecule has 7 heteroatoms. The van der Waals surface area contributed by atoms with E-state index in [2.05, 4.69) is 16.0 Å². The number of aryl methyl sites for hydroxylation is 1. The lowest BCUT2D eigenvalue weighted by Crippen LogP contribution is -2.36. The van der Waals surface area contributed by atoms with Gasteiger partial charge >= 0.3 is 0 Å². The third-order valence-electron chi connectivity index (χ3n) is 3.57. The fourth-order valence-electron chi connectivity index (χ4n) is 2.26. The Bertz CT molecular complexity index is 803. The van der Waals surface area contributed by atoms with Gasteiger partial charge in [-0.15, -0.1) is 0 Å². The van der Waals surface area contributed by atoms with Crippen LogP contribution in [0.25, 0.3) is 0 Å². The molecule has 0 heterocycles. The first-order chi connectivity index (χ1) is 12.9. The van der Waals surface area contributed by atoms with E-state index >= 15 is 0 Å². The van der Waals surface area contributed by atoms with Crippen molar-refractivity contribution in [3.8, 4) is 5.75 Å².